The van der Waals surface area contributed by atoms with Crippen LogP contribution < -0.4 is 19.7 Å². The van der Waals surface area contributed by atoms with Crippen molar-refractivity contribution in [1.82, 2.24) is 10.3 Å². The van der Waals surface area contributed by atoms with E-state index in [1.54, 1.807) is 49.6 Å². The van der Waals surface area contributed by atoms with Gasteiger partial charge in [0.05, 0.1) is 33.3 Å². The van der Waals surface area contributed by atoms with Gasteiger partial charge in [0.2, 0.25) is 11.8 Å². The maximum absolute atomic E-state index is 14.4. The monoisotopic (exact) mass is 583 g/mol. The fourth-order valence-electron chi connectivity index (χ4n) is 5.81. The number of H-pyrrole nitrogens is 1. The van der Waals surface area contributed by atoms with Crippen molar-refractivity contribution in [3.05, 3.63) is 89.6 Å². The second kappa shape index (κ2) is 13.5. The Bertz CT molecular complexity index is 1590. The molecule has 43 heavy (non-hydrogen) atoms. The van der Waals surface area contributed by atoms with Crippen LogP contribution >= 0.6 is 0 Å². The number of nitrogens with zero attached hydrogens (tertiary/aromatic N) is 1. The van der Waals surface area contributed by atoms with Crippen molar-refractivity contribution < 1.29 is 28.6 Å². The second-order valence-corrected chi connectivity index (χ2v) is 10.7. The molecule has 9 nitrogen and oxygen atoms in total. The summed E-state index contributed by atoms with van der Waals surface area (Å²) in [6, 6.07) is 18.6. The Balaban J connectivity index is 1.61. The average molecular weight is 584 g/mol. The number of benzene rings is 3. The van der Waals surface area contributed by atoms with Crippen molar-refractivity contribution in [2.45, 2.75) is 50.6 Å². The summed E-state index contributed by atoms with van der Waals surface area (Å²) in [5, 5.41) is 4.17. The highest BCUT2D eigenvalue weighted by Crippen LogP contribution is 2.36. The molecule has 1 atom stereocenters. The molecule has 0 aliphatic heterocycles. The van der Waals surface area contributed by atoms with Crippen LogP contribution in [0.4, 0.5) is 5.69 Å². The third-order valence-electron chi connectivity index (χ3n) is 8.03. The van der Waals surface area contributed by atoms with Gasteiger partial charge in [-0.3, -0.25) is 14.5 Å². The van der Waals surface area contributed by atoms with Crippen LogP contribution in [-0.2, 0) is 20.7 Å². The Morgan fingerprint density at radius 2 is 1.63 bits per heavy atom. The van der Waals surface area contributed by atoms with Gasteiger partial charge in [0.25, 0.3) is 0 Å². The molecule has 1 aliphatic rings. The number of rotatable bonds is 10. The molecule has 1 aromatic heterocycles. The van der Waals surface area contributed by atoms with E-state index in [9.17, 15) is 14.4 Å². The number of carbonyl (C=O) groups excluding carboxylic acids is 3. The molecule has 5 rings (SSSR count). The molecular weight excluding hydrogens is 546 g/mol. The van der Waals surface area contributed by atoms with E-state index in [4.69, 9.17) is 14.2 Å². The average Bonchev–Trinajstić information content (AvgIpc) is 3.45. The van der Waals surface area contributed by atoms with E-state index in [1.165, 1.54) is 19.1 Å². The number of methoxy groups -OCH3 is 3. The topological polar surface area (TPSA) is 110 Å². The fourth-order valence-corrected chi connectivity index (χ4v) is 5.81. The maximum Gasteiger partial charge on any atom is 0.337 e. The largest absolute Gasteiger partial charge is 0.493 e. The number of anilines is 1. The summed E-state index contributed by atoms with van der Waals surface area (Å²) in [4.78, 5) is 45.6. The number of aromatic amines is 1. The standard InChI is InChI=1S/C34H37N3O6/c1-41-29-18-15-23(19-30(29)42-2)32(33(39)36-25-9-5-4-6-10-25)37(26-16-13-22(14-17-26)34(40)43-3)31(38)20-24-21-35-28-12-8-7-11-27(24)28/h7-8,11-19,21,25,32,35H,4-6,9-10,20H2,1-3H3,(H,36,39)/t32-/m1/s1. The summed E-state index contributed by atoms with van der Waals surface area (Å²) in [7, 11) is 4.39. The number of para-hydroxylation sites is 1. The number of hydrogen-bond acceptors (Lipinski definition) is 6. The van der Waals surface area contributed by atoms with Gasteiger partial charge in [0, 0.05) is 28.8 Å². The zero-order chi connectivity index (χ0) is 30.3. The van der Waals surface area contributed by atoms with Gasteiger partial charge in [-0.15, -0.1) is 0 Å². The molecule has 4 aromatic rings. The number of carbonyl (C=O) groups is 3. The summed E-state index contributed by atoms with van der Waals surface area (Å²) in [5.74, 6) is -0.107. The minimum atomic E-state index is -1.02. The van der Waals surface area contributed by atoms with Crippen molar-refractivity contribution in [3.63, 3.8) is 0 Å². The first-order valence-electron chi connectivity index (χ1n) is 14.5. The second-order valence-electron chi connectivity index (χ2n) is 10.7. The SMILES string of the molecule is COC(=O)c1ccc(N(C(=O)Cc2c[nH]c3ccccc23)[C@@H](C(=O)NC2CCCCC2)c2ccc(OC)c(OC)c2)cc1. The smallest absolute Gasteiger partial charge is 0.337 e. The lowest BCUT2D eigenvalue weighted by Crippen LogP contribution is -2.47. The van der Waals surface area contributed by atoms with Crippen LogP contribution in [0.15, 0.2) is 72.9 Å². The Labute approximate surface area is 251 Å². The van der Waals surface area contributed by atoms with Gasteiger partial charge in [0.1, 0.15) is 6.04 Å². The molecule has 2 amide bonds. The van der Waals surface area contributed by atoms with E-state index < -0.39 is 12.0 Å². The van der Waals surface area contributed by atoms with E-state index in [1.807, 2.05) is 30.5 Å². The molecule has 0 bridgehead atoms. The van der Waals surface area contributed by atoms with Crippen LogP contribution in [0.2, 0.25) is 0 Å². The van der Waals surface area contributed by atoms with E-state index in [-0.39, 0.29) is 24.3 Å². The first-order valence-corrected chi connectivity index (χ1v) is 14.5. The highest BCUT2D eigenvalue weighted by molar-refractivity contribution is 6.04. The zero-order valence-corrected chi connectivity index (χ0v) is 24.7. The van der Waals surface area contributed by atoms with Crippen LogP contribution in [0.1, 0.15) is 59.6 Å². The van der Waals surface area contributed by atoms with Gasteiger partial charge in [-0.05, 0) is 66.4 Å². The summed E-state index contributed by atoms with van der Waals surface area (Å²) in [6.45, 7) is 0. The maximum atomic E-state index is 14.4. The van der Waals surface area contributed by atoms with E-state index in [0.717, 1.165) is 48.6 Å². The van der Waals surface area contributed by atoms with Crippen LogP contribution in [-0.4, -0.2) is 50.1 Å². The summed E-state index contributed by atoms with van der Waals surface area (Å²) >= 11 is 0. The molecular formula is C34H37N3O6. The van der Waals surface area contributed by atoms with Gasteiger partial charge in [0.15, 0.2) is 11.5 Å². The number of nitrogens with one attached hydrogen (secondary N) is 2. The minimum Gasteiger partial charge on any atom is -0.493 e. The van der Waals surface area contributed by atoms with Gasteiger partial charge in [-0.1, -0.05) is 43.5 Å². The van der Waals surface area contributed by atoms with E-state index in [0.29, 0.717) is 28.3 Å². The molecule has 1 heterocycles. The highest BCUT2D eigenvalue weighted by Gasteiger charge is 2.35. The van der Waals surface area contributed by atoms with E-state index >= 15 is 0 Å². The number of amides is 2. The van der Waals surface area contributed by atoms with Gasteiger partial charge < -0.3 is 24.5 Å². The van der Waals surface area contributed by atoms with Crippen LogP contribution in [0.3, 0.4) is 0 Å². The third-order valence-corrected chi connectivity index (χ3v) is 8.03. The molecule has 1 aliphatic carbocycles. The molecule has 0 unspecified atom stereocenters. The van der Waals surface area contributed by atoms with Crippen molar-refractivity contribution >= 4 is 34.4 Å². The quantitative estimate of drug-likeness (QED) is 0.231. The number of aromatic nitrogens is 1. The van der Waals surface area contributed by atoms with Crippen LogP contribution in [0.25, 0.3) is 10.9 Å². The van der Waals surface area contributed by atoms with Crippen LogP contribution in [0, 0.1) is 0 Å². The molecule has 1 saturated carbocycles. The lowest BCUT2D eigenvalue weighted by atomic mass is 9.94. The highest BCUT2D eigenvalue weighted by atomic mass is 16.5. The van der Waals surface area contributed by atoms with Crippen molar-refractivity contribution in [1.29, 1.82) is 0 Å². The summed E-state index contributed by atoms with van der Waals surface area (Å²) < 4.78 is 15.9. The summed E-state index contributed by atoms with van der Waals surface area (Å²) in [6.07, 6.45) is 6.89. The Morgan fingerprint density at radius 1 is 0.907 bits per heavy atom. The van der Waals surface area contributed by atoms with Gasteiger partial charge >= 0.3 is 5.97 Å². The Kier molecular flexibility index (Phi) is 9.29. The van der Waals surface area contributed by atoms with Crippen molar-refractivity contribution in [3.8, 4) is 11.5 Å². The molecule has 9 heteroatoms. The third kappa shape index (κ3) is 6.51. The van der Waals surface area contributed by atoms with Crippen molar-refractivity contribution in [2.24, 2.45) is 0 Å². The molecule has 0 spiro atoms. The molecule has 224 valence electrons. The fraction of sp³-hybridized carbons (Fsp3) is 0.324. The molecule has 0 radical (unpaired) electrons. The number of esters is 1. The first-order chi connectivity index (χ1) is 20.9. The molecule has 2 N–H and O–H groups in total. The Morgan fingerprint density at radius 3 is 2.33 bits per heavy atom. The molecule has 3 aromatic carbocycles. The number of ether oxygens (including phenoxy) is 3. The number of fused-ring (bicyclic) bond motifs is 1. The zero-order valence-electron chi connectivity index (χ0n) is 24.7. The molecule has 1 fully saturated rings. The summed E-state index contributed by atoms with van der Waals surface area (Å²) in [5.41, 5.74) is 3.11. The van der Waals surface area contributed by atoms with Gasteiger partial charge in [-0.2, -0.15) is 0 Å². The predicted octanol–water partition coefficient (Wildman–Crippen LogP) is 5.74. The van der Waals surface area contributed by atoms with Crippen LogP contribution in [0.5, 0.6) is 11.5 Å². The van der Waals surface area contributed by atoms with E-state index in [2.05, 4.69) is 10.3 Å². The normalized spacial score (nSPS) is 14.1. The molecule has 0 saturated heterocycles. The lowest BCUT2D eigenvalue weighted by Gasteiger charge is -2.34. The number of hydrogen-bond donors (Lipinski definition) is 2. The van der Waals surface area contributed by atoms with Gasteiger partial charge in [-0.25, -0.2) is 4.79 Å². The first kappa shape index (κ1) is 29.7. The van der Waals surface area contributed by atoms with Crippen molar-refractivity contribution in [2.75, 3.05) is 26.2 Å². The Hall–Kier alpha value is -4.79. The minimum absolute atomic E-state index is 0.0242. The predicted molar refractivity (Wildman–Crippen MR) is 165 cm³/mol. The lowest BCUT2D eigenvalue weighted by molar-refractivity contribution is -0.127.